The van der Waals surface area contributed by atoms with Crippen molar-refractivity contribution in [2.24, 2.45) is 11.5 Å². The first kappa shape index (κ1) is 18.0. The van der Waals surface area contributed by atoms with Gasteiger partial charge in [-0.05, 0) is 37.5 Å². The molecule has 0 spiro atoms. The van der Waals surface area contributed by atoms with Crippen LogP contribution < -0.4 is 11.5 Å². The average Bonchev–Trinajstić information content (AvgIpc) is 3.18. The molecule has 148 valence electrons. The molecule has 0 aromatic carbocycles. The van der Waals surface area contributed by atoms with Crippen molar-refractivity contribution in [3.05, 3.63) is 60.6 Å². The van der Waals surface area contributed by atoms with Crippen LogP contribution in [-0.4, -0.2) is 31.1 Å². The van der Waals surface area contributed by atoms with Gasteiger partial charge in [0, 0.05) is 30.5 Å². The molecular formula is C21H23N7O. The molecule has 4 heterocycles. The number of nitrogens with two attached hydrogens (primary N) is 2. The molecule has 3 aromatic rings. The maximum atomic E-state index is 6.72. The predicted octanol–water partition coefficient (Wildman–Crippen LogP) is 2.54. The first-order chi connectivity index (χ1) is 14.2. The van der Waals surface area contributed by atoms with Gasteiger partial charge in [0.25, 0.3) is 0 Å². The second-order valence-corrected chi connectivity index (χ2v) is 7.58. The molecule has 4 N–H and O–H groups in total. The lowest BCUT2D eigenvalue weighted by Crippen LogP contribution is -2.38. The highest BCUT2D eigenvalue weighted by Crippen LogP contribution is 2.36. The number of ether oxygens (including phenoxy) is 1. The van der Waals surface area contributed by atoms with Gasteiger partial charge in [0.05, 0.1) is 17.6 Å². The highest BCUT2D eigenvalue weighted by atomic mass is 16.5. The molecule has 1 saturated heterocycles. The molecule has 1 aliphatic carbocycles. The molecule has 0 saturated carbocycles. The van der Waals surface area contributed by atoms with Crippen molar-refractivity contribution in [3.63, 3.8) is 0 Å². The van der Waals surface area contributed by atoms with Gasteiger partial charge in [0.15, 0.2) is 5.65 Å². The van der Waals surface area contributed by atoms with Crippen molar-refractivity contribution < 1.29 is 4.74 Å². The van der Waals surface area contributed by atoms with Crippen LogP contribution in [0.25, 0.3) is 22.4 Å². The second-order valence-electron chi connectivity index (χ2n) is 7.58. The lowest BCUT2D eigenvalue weighted by Gasteiger charge is -2.29. The van der Waals surface area contributed by atoms with E-state index in [1.54, 1.807) is 18.9 Å². The quantitative estimate of drug-likeness (QED) is 0.707. The van der Waals surface area contributed by atoms with Crippen LogP contribution in [0.2, 0.25) is 0 Å². The van der Waals surface area contributed by atoms with E-state index in [1.807, 2.05) is 34.9 Å². The first-order valence-electron chi connectivity index (χ1n) is 9.83. The van der Waals surface area contributed by atoms with Gasteiger partial charge < -0.3 is 16.2 Å². The third kappa shape index (κ3) is 3.10. The zero-order valence-electron chi connectivity index (χ0n) is 16.0. The molecule has 29 heavy (non-hydrogen) atoms. The van der Waals surface area contributed by atoms with E-state index in [9.17, 15) is 0 Å². The molecule has 1 aliphatic heterocycles. The molecule has 0 amide bonds. The Kier molecular flexibility index (Phi) is 4.37. The van der Waals surface area contributed by atoms with E-state index in [0.717, 1.165) is 48.5 Å². The lowest BCUT2D eigenvalue weighted by molar-refractivity contribution is -0.0298. The van der Waals surface area contributed by atoms with Crippen LogP contribution in [0.4, 0.5) is 0 Å². The molecule has 5 rings (SSSR count). The number of fused-ring (bicyclic) bond motifs is 1. The first-order valence-corrected chi connectivity index (χ1v) is 9.83. The Labute approximate surface area is 168 Å². The van der Waals surface area contributed by atoms with Crippen LogP contribution in [-0.2, 0) is 10.3 Å². The summed E-state index contributed by atoms with van der Waals surface area (Å²) >= 11 is 0. The van der Waals surface area contributed by atoms with Crippen LogP contribution in [0.5, 0.6) is 0 Å². The minimum atomic E-state index is -0.804. The Morgan fingerprint density at radius 2 is 2.10 bits per heavy atom. The zero-order chi connectivity index (χ0) is 19.8. The lowest BCUT2D eigenvalue weighted by atomic mass is 9.84. The summed E-state index contributed by atoms with van der Waals surface area (Å²) in [7, 11) is 0. The summed E-state index contributed by atoms with van der Waals surface area (Å²) < 4.78 is 7.92. The van der Waals surface area contributed by atoms with Crippen molar-refractivity contribution >= 4 is 11.2 Å². The number of imidazole rings is 1. The van der Waals surface area contributed by atoms with Gasteiger partial charge in [-0.25, -0.2) is 15.0 Å². The molecule has 0 radical (unpaired) electrons. The van der Waals surface area contributed by atoms with Gasteiger partial charge in [-0.1, -0.05) is 12.2 Å². The van der Waals surface area contributed by atoms with Crippen LogP contribution in [0.3, 0.4) is 0 Å². The van der Waals surface area contributed by atoms with E-state index in [-0.39, 0.29) is 6.23 Å². The summed E-state index contributed by atoms with van der Waals surface area (Å²) in [6.45, 7) is 0.756. The number of hydrogen-bond acceptors (Lipinski definition) is 7. The molecule has 1 fully saturated rings. The highest BCUT2D eigenvalue weighted by molar-refractivity contribution is 5.88. The largest absolute Gasteiger partial charge is 0.402 e. The minimum Gasteiger partial charge on any atom is -0.402 e. The molecule has 0 bridgehead atoms. The van der Waals surface area contributed by atoms with Gasteiger partial charge in [-0.15, -0.1) is 0 Å². The topological polar surface area (TPSA) is 118 Å². The number of nitrogens with zero attached hydrogens (tertiary/aromatic N) is 5. The van der Waals surface area contributed by atoms with E-state index >= 15 is 0 Å². The monoisotopic (exact) mass is 389 g/mol. The van der Waals surface area contributed by atoms with Crippen molar-refractivity contribution in [2.45, 2.75) is 37.5 Å². The molecule has 8 nitrogen and oxygen atoms in total. The molecule has 2 aliphatic rings. The zero-order valence-corrected chi connectivity index (χ0v) is 16.0. The normalized spacial score (nSPS) is 24.6. The van der Waals surface area contributed by atoms with E-state index in [1.165, 1.54) is 0 Å². The smallest absolute Gasteiger partial charge is 0.165 e. The minimum absolute atomic E-state index is 0.0445. The molecule has 2 atom stereocenters. The van der Waals surface area contributed by atoms with Crippen molar-refractivity contribution in [3.8, 4) is 11.3 Å². The van der Waals surface area contributed by atoms with E-state index in [2.05, 4.69) is 19.9 Å². The summed E-state index contributed by atoms with van der Waals surface area (Å²) in [5, 5.41) is 0. The Hall–Kier alpha value is -3.10. The molecule has 3 aromatic heterocycles. The van der Waals surface area contributed by atoms with Crippen molar-refractivity contribution in [1.29, 1.82) is 0 Å². The average molecular weight is 389 g/mol. The SMILES string of the molecule is NC1=CC=CC(N)(c2ncccc2-c2ncnc3c2ncn3C2CCCCO2)C1. The van der Waals surface area contributed by atoms with Gasteiger partial charge in [0.1, 0.15) is 23.8 Å². The Morgan fingerprint density at radius 3 is 2.93 bits per heavy atom. The van der Waals surface area contributed by atoms with Crippen LogP contribution in [0.15, 0.2) is 54.9 Å². The van der Waals surface area contributed by atoms with Gasteiger partial charge >= 0.3 is 0 Å². The number of hydrogen-bond donors (Lipinski definition) is 2. The van der Waals surface area contributed by atoms with Crippen molar-refractivity contribution in [1.82, 2.24) is 24.5 Å². The van der Waals surface area contributed by atoms with Gasteiger partial charge in [0.2, 0.25) is 0 Å². The summed E-state index contributed by atoms with van der Waals surface area (Å²) in [6, 6.07) is 3.85. The second kappa shape index (κ2) is 7.06. The summed E-state index contributed by atoms with van der Waals surface area (Å²) in [5.74, 6) is 0. The Balaban J connectivity index is 1.63. The van der Waals surface area contributed by atoms with Crippen LogP contribution >= 0.6 is 0 Å². The highest BCUT2D eigenvalue weighted by Gasteiger charge is 2.32. The van der Waals surface area contributed by atoms with Gasteiger partial charge in [-0.3, -0.25) is 9.55 Å². The maximum absolute atomic E-state index is 6.72. The maximum Gasteiger partial charge on any atom is 0.165 e. The predicted molar refractivity (Wildman–Crippen MR) is 109 cm³/mol. The molecular weight excluding hydrogens is 366 g/mol. The number of aromatic nitrogens is 5. The molecule has 8 heteroatoms. The number of allylic oxidation sites excluding steroid dienone is 2. The fourth-order valence-corrected chi connectivity index (χ4v) is 4.13. The van der Waals surface area contributed by atoms with Crippen LogP contribution in [0, 0.1) is 0 Å². The van der Waals surface area contributed by atoms with E-state index in [4.69, 9.17) is 16.2 Å². The number of pyridine rings is 1. The Bertz CT molecular complexity index is 1110. The fourth-order valence-electron chi connectivity index (χ4n) is 4.13. The van der Waals surface area contributed by atoms with Crippen molar-refractivity contribution in [2.75, 3.05) is 6.61 Å². The molecule has 2 unspecified atom stereocenters. The summed E-state index contributed by atoms with van der Waals surface area (Å²) in [5.41, 5.74) is 16.4. The number of rotatable bonds is 3. The Morgan fingerprint density at radius 1 is 1.17 bits per heavy atom. The fraction of sp³-hybridized carbons (Fsp3) is 0.333. The van der Waals surface area contributed by atoms with Crippen LogP contribution in [0.1, 0.15) is 37.6 Å². The summed E-state index contributed by atoms with van der Waals surface area (Å²) in [6.07, 6.45) is 14.4. The van der Waals surface area contributed by atoms with E-state index in [0.29, 0.717) is 17.6 Å². The summed E-state index contributed by atoms with van der Waals surface area (Å²) in [4.78, 5) is 18.3. The van der Waals surface area contributed by atoms with Gasteiger partial charge in [-0.2, -0.15) is 0 Å². The third-order valence-corrected chi connectivity index (χ3v) is 5.53. The standard InChI is InChI=1S/C21H23N7O/c22-14-5-3-8-21(23,11-14)19-15(6-4-9-24-19)17-18-20(26-12-25-17)28(13-27-18)16-7-1-2-10-29-16/h3-6,8-9,12-13,16H,1-2,7,10-11,22-23H2. The van der Waals surface area contributed by atoms with E-state index < -0.39 is 5.54 Å². The third-order valence-electron chi connectivity index (χ3n) is 5.53.